The van der Waals surface area contributed by atoms with Crippen molar-refractivity contribution in [2.45, 2.75) is 36.9 Å². The summed E-state index contributed by atoms with van der Waals surface area (Å²) in [6.07, 6.45) is -3.98. The van der Waals surface area contributed by atoms with Crippen LogP contribution in [0.5, 0.6) is 0 Å². The average Bonchev–Trinajstić information content (AvgIpc) is 3.11. The molecule has 0 bridgehead atoms. The maximum atomic E-state index is 13.4. The maximum Gasteiger partial charge on any atom is 0.416 e. The van der Waals surface area contributed by atoms with Crippen LogP contribution in [-0.4, -0.2) is 24.2 Å². The van der Waals surface area contributed by atoms with Crippen LogP contribution in [0.2, 0.25) is 0 Å². The molecule has 0 spiro atoms. The van der Waals surface area contributed by atoms with E-state index in [0.717, 1.165) is 16.4 Å². The number of nitro groups is 1. The van der Waals surface area contributed by atoms with E-state index in [4.69, 9.17) is 0 Å². The molecule has 1 fully saturated rings. The summed E-state index contributed by atoms with van der Waals surface area (Å²) in [7, 11) is -4.21. The molecule has 0 saturated carbocycles. The van der Waals surface area contributed by atoms with Gasteiger partial charge in [-0.25, -0.2) is 8.42 Å². The van der Waals surface area contributed by atoms with Gasteiger partial charge in [0.2, 0.25) is 10.0 Å². The third-order valence-corrected chi connectivity index (χ3v) is 6.72. The first-order valence-electron chi connectivity index (χ1n) is 8.46. The standard InChI is InChI=1S/C18H17F3N2O4S/c1-12-8-9-13(11-17(12)23(24)25)28(26,27)22-10-4-7-16(22)14-5-2-3-6-15(14)18(19,20)21/h2-3,5-6,8-9,11,16H,4,7,10H2,1H3. The second kappa shape index (κ2) is 7.17. The Hall–Kier alpha value is -2.46. The summed E-state index contributed by atoms with van der Waals surface area (Å²) in [5.74, 6) is 0. The van der Waals surface area contributed by atoms with Gasteiger partial charge in [-0.05, 0) is 37.5 Å². The molecule has 0 aliphatic carbocycles. The second-order valence-electron chi connectivity index (χ2n) is 6.56. The molecule has 1 atom stereocenters. The van der Waals surface area contributed by atoms with Crippen LogP contribution >= 0.6 is 0 Å². The Bertz CT molecular complexity index is 1020. The number of benzene rings is 2. The van der Waals surface area contributed by atoms with Crippen LogP contribution in [0.15, 0.2) is 47.4 Å². The van der Waals surface area contributed by atoms with Gasteiger partial charge in [-0.2, -0.15) is 17.5 Å². The van der Waals surface area contributed by atoms with Crippen molar-refractivity contribution in [1.29, 1.82) is 0 Å². The number of rotatable bonds is 4. The molecule has 3 rings (SSSR count). The lowest BCUT2D eigenvalue weighted by atomic mass is 9.99. The van der Waals surface area contributed by atoms with E-state index >= 15 is 0 Å². The Morgan fingerprint density at radius 2 is 1.86 bits per heavy atom. The van der Waals surface area contributed by atoms with Gasteiger partial charge in [0.05, 0.1) is 21.4 Å². The summed E-state index contributed by atoms with van der Waals surface area (Å²) in [5, 5.41) is 11.1. The summed E-state index contributed by atoms with van der Waals surface area (Å²) in [6.45, 7) is 1.52. The Labute approximate surface area is 159 Å². The van der Waals surface area contributed by atoms with Gasteiger partial charge in [0.15, 0.2) is 0 Å². The molecule has 0 radical (unpaired) electrons. The zero-order valence-corrected chi connectivity index (χ0v) is 15.6. The summed E-state index contributed by atoms with van der Waals surface area (Å²) in [5.41, 5.74) is -1.05. The van der Waals surface area contributed by atoms with Crippen molar-refractivity contribution < 1.29 is 26.5 Å². The van der Waals surface area contributed by atoms with Crippen molar-refractivity contribution in [1.82, 2.24) is 4.31 Å². The molecular weight excluding hydrogens is 397 g/mol. The topological polar surface area (TPSA) is 80.5 Å². The smallest absolute Gasteiger partial charge is 0.258 e. The van der Waals surface area contributed by atoms with E-state index in [1.807, 2.05) is 0 Å². The molecule has 1 aliphatic heterocycles. The number of nitro benzene ring substituents is 1. The fourth-order valence-electron chi connectivity index (χ4n) is 3.47. The third-order valence-electron chi connectivity index (χ3n) is 4.81. The van der Waals surface area contributed by atoms with Crippen molar-refractivity contribution in [2.75, 3.05) is 6.54 Å². The van der Waals surface area contributed by atoms with Gasteiger partial charge in [0, 0.05) is 18.2 Å². The summed E-state index contributed by atoms with van der Waals surface area (Å²) >= 11 is 0. The van der Waals surface area contributed by atoms with Crippen LogP contribution in [0.3, 0.4) is 0 Å². The minimum Gasteiger partial charge on any atom is -0.258 e. The quantitative estimate of drug-likeness (QED) is 0.547. The molecule has 1 saturated heterocycles. The van der Waals surface area contributed by atoms with E-state index in [2.05, 4.69) is 0 Å². The molecule has 0 aromatic heterocycles. The number of alkyl halides is 3. The maximum absolute atomic E-state index is 13.4. The Balaban J connectivity index is 2.07. The molecule has 10 heteroatoms. The molecule has 2 aromatic carbocycles. The Kier molecular flexibility index (Phi) is 5.20. The minimum absolute atomic E-state index is 0.0425. The lowest BCUT2D eigenvalue weighted by molar-refractivity contribution is -0.385. The van der Waals surface area contributed by atoms with E-state index in [0.29, 0.717) is 12.0 Å². The molecule has 1 heterocycles. The van der Waals surface area contributed by atoms with Gasteiger partial charge < -0.3 is 0 Å². The number of hydrogen-bond acceptors (Lipinski definition) is 4. The van der Waals surface area contributed by atoms with Crippen molar-refractivity contribution in [2.24, 2.45) is 0 Å². The number of nitrogens with zero attached hydrogens (tertiary/aromatic N) is 2. The molecule has 1 aliphatic rings. The van der Waals surface area contributed by atoms with Gasteiger partial charge in [-0.1, -0.05) is 24.3 Å². The molecule has 6 nitrogen and oxygen atoms in total. The fraction of sp³-hybridized carbons (Fsp3) is 0.333. The SMILES string of the molecule is Cc1ccc(S(=O)(=O)N2CCCC2c2ccccc2C(F)(F)F)cc1[N+](=O)[O-]. The van der Waals surface area contributed by atoms with E-state index in [-0.39, 0.29) is 29.1 Å². The lowest BCUT2D eigenvalue weighted by Gasteiger charge is -2.26. The van der Waals surface area contributed by atoms with Crippen molar-refractivity contribution in [3.63, 3.8) is 0 Å². The number of aryl methyl sites for hydroxylation is 1. The highest BCUT2D eigenvalue weighted by atomic mass is 32.2. The van der Waals surface area contributed by atoms with E-state index in [1.165, 1.54) is 37.3 Å². The van der Waals surface area contributed by atoms with Crippen LogP contribution in [0.4, 0.5) is 18.9 Å². The van der Waals surface area contributed by atoms with Crippen LogP contribution < -0.4 is 0 Å². The first kappa shape index (κ1) is 20.3. The highest BCUT2D eigenvalue weighted by Crippen LogP contribution is 2.42. The monoisotopic (exact) mass is 414 g/mol. The van der Waals surface area contributed by atoms with E-state index in [1.54, 1.807) is 0 Å². The van der Waals surface area contributed by atoms with Gasteiger partial charge in [-0.15, -0.1) is 0 Å². The zero-order chi connectivity index (χ0) is 20.7. The second-order valence-corrected chi connectivity index (χ2v) is 8.45. The molecule has 28 heavy (non-hydrogen) atoms. The predicted molar refractivity (Wildman–Crippen MR) is 95.1 cm³/mol. The van der Waals surface area contributed by atoms with Gasteiger partial charge in [0.25, 0.3) is 5.69 Å². The predicted octanol–water partition coefficient (Wildman–Crippen LogP) is 4.45. The zero-order valence-electron chi connectivity index (χ0n) is 14.8. The van der Waals surface area contributed by atoms with Gasteiger partial charge in [-0.3, -0.25) is 10.1 Å². The molecule has 1 unspecified atom stereocenters. The lowest BCUT2D eigenvalue weighted by Crippen LogP contribution is -2.31. The summed E-state index contributed by atoms with van der Waals surface area (Å²) in [4.78, 5) is 10.1. The molecule has 150 valence electrons. The van der Waals surface area contributed by atoms with Gasteiger partial charge >= 0.3 is 6.18 Å². The van der Waals surface area contributed by atoms with Crippen LogP contribution in [-0.2, 0) is 16.2 Å². The first-order valence-corrected chi connectivity index (χ1v) is 9.90. The molecule has 2 aromatic rings. The van der Waals surface area contributed by atoms with Crippen LogP contribution in [0.25, 0.3) is 0 Å². The Morgan fingerprint density at radius 1 is 1.18 bits per heavy atom. The minimum atomic E-state index is -4.61. The first-order chi connectivity index (χ1) is 13.0. The number of hydrogen-bond donors (Lipinski definition) is 0. The molecule has 0 amide bonds. The summed E-state index contributed by atoms with van der Waals surface area (Å²) < 4.78 is 67.4. The average molecular weight is 414 g/mol. The van der Waals surface area contributed by atoms with E-state index in [9.17, 15) is 31.7 Å². The number of halogens is 3. The van der Waals surface area contributed by atoms with Crippen molar-refractivity contribution in [3.8, 4) is 0 Å². The summed E-state index contributed by atoms with van der Waals surface area (Å²) in [6, 6.07) is 7.42. The van der Waals surface area contributed by atoms with Crippen molar-refractivity contribution >= 4 is 15.7 Å². The van der Waals surface area contributed by atoms with E-state index < -0.39 is 32.7 Å². The highest BCUT2D eigenvalue weighted by molar-refractivity contribution is 7.89. The molecular formula is C18H17F3N2O4S. The fourth-order valence-corrected chi connectivity index (χ4v) is 5.16. The largest absolute Gasteiger partial charge is 0.416 e. The van der Waals surface area contributed by atoms with Crippen LogP contribution in [0, 0.1) is 17.0 Å². The third kappa shape index (κ3) is 3.61. The van der Waals surface area contributed by atoms with Crippen molar-refractivity contribution in [3.05, 3.63) is 69.3 Å². The molecule has 0 N–H and O–H groups in total. The Morgan fingerprint density at radius 3 is 2.50 bits per heavy atom. The normalized spacial score (nSPS) is 18.4. The highest BCUT2D eigenvalue weighted by Gasteiger charge is 2.42. The van der Waals surface area contributed by atoms with Gasteiger partial charge in [0.1, 0.15) is 0 Å². The van der Waals surface area contributed by atoms with Crippen LogP contribution in [0.1, 0.15) is 35.6 Å². The number of sulfonamides is 1.